The van der Waals surface area contributed by atoms with Gasteiger partial charge in [-0.2, -0.15) is 0 Å². The van der Waals surface area contributed by atoms with Gasteiger partial charge in [0.05, 0.1) is 11.9 Å². The quantitative estimate of drug-likeness (QED) is 0.620. The maximum absolute atomic E-state index is 14.3. The zero-order valence-electron chi connectivity index (χ0n) is 19.1. The number of para-hydroxylation sites is 1. The summed E-state index contributed by atoms with van der Waals surface area (Å²) in [5, 5.41) is 2.66. The summed E-state index contributed by atoms with van der Waals surface area (Å²) in [6, 6.07) is 10.4. The number of likely N-dealkylation sites (N-methyl/N-ethyl adjacent to an activating group) is 1. The number of anilines is 1. The fraction of sp³-hybridized carbons (Fsp3) is 0.391. The zero-order chi connectivity index (χ0) is 24.1. The highest BCUT2D eigenvalue weighted by Gasteiger charge is 2.31. The van der Waals surface area contributed by atoms with Crippen LogP contribution in [0.3, 0.4) is 0 Å². The molecule has 0 fully saturated rings. The van der Waals surface area contributed by atoms with Crippen molar-refractivity contribution in [1.29, 1.82) is 0 Å². The van der Waals surface area contributed by atoms with E-state index in [4.69, 9.17) is 0 Å². The Labute approximate surface area is 189 Å². The summed E-state index contributed by atoms with van der Waals surface area (Å²) in [4.78, 5) is 27.1. The maximum atomic E-state index is 14.3. The summed E-state index contributed by atoms with van der Waals surface area (Å²) < 4.78 is 40.6. The van der Waals surface area contributed by atoms with E-state index in [0.29, 0.717) is 23.4 Å². The first-order valence-corrected chi connectivity index (χ1v) is 12.2. The Morgan fingerprint density at radius 2 is 1.66 bits per heavy atom. The number of aryl methyl sites for hydroxylation is 2. The molecule has 0 aliphatic rings. The maximum Gasteiger partial charge on any atom is 0.244 e. The van der Waals surface area contributed by atoms with Gasteiger partial charge in [0, 0.05) is 18.7 Å². The molecular formula is C23H30FN3O4S. The van der Waals surface area contributed by atoms with Crippen LogP contribution in [0.25, 0.3) is 0 Å². The highest BCUT2D eigenvalue weighted by atomic mass is 32.2. The monoisotopic (exact) mass is 463 g/mol. The Morgan fingerprint density at radius 1 is 1.06 bits per heavy atom. The number of carbonyl (C=O) groups excluding carboxylic acids is 2. The van der Waals surface area contributed by atoms with Gasteiger partial charge in [0.2, 0.25) is 21.8 Å². The normalized spacial score (nSPS) is 12.2. The third-order valence-corrected chi connectivity index (χ3v) is 6.30. The number of nitrogens with one attached hydrogen (secondary N) is 1. The SMILES string of the molecule is CCNC(=O)[C@H](C)N(Cc1ccccc1F)C(=O)CN(c1c(C)cccc1C)S(C)(=O)=O. The van der Waals surface area contributed by atoms with Crippen LogP contribution in [0.2, 0.25) is 0 Å². The molecule has 2 aromatic carbocycles. The van der Waals surface area contributed by atoms with E-state index < -0.39 is 40.2 Å². The average molecular weight is 464 g/mol. The fourth-order valence-electron chi connectivity index (χ4n) is 3.49. The molecule has 32 heavy (non-hydrogen) atoms. The number of hydrogen-bond donors (Lipinski definition) is 1. The Hall–Kier alpha value is -2.94. The first kappa shape index (κ1) is 25.3. The van der Waals surface area contributed by atoms with Gasteiger partial charge < -0.3 is 10.2 Å². The summed E-state index contributed by atoms with van der Waals surface area (Å²) in [5.74, 6) is -1.53. The molecular weight excluding hydrogens is 433 g/mol. The predicted octanol–water partition coefficient (Wildman–Crippen LogP) is 2.76. The lowest BCUT2D eigenvalue weighted by Crippen LogP contribution is -2.51. The summed E-state index contributed by atoms with van der Waals surface area (Å²) in [6.45, 7) is 6.49. The minimum absolute atomic E-state index is 0.172. The van der Waals surface area contributed by atoms with Crippen LogP contribution in [0.15, 0.2) is 42.5 Å². The van der Waals surface area contributed by atoms with E-state index in [9.17, 15) is 22.4 Å². The molecule has 174 valence electrons. The number of carbonyl (C=O) groups is 2. The number of benzene rings is 2. The van der Waals surface area contributed by atoms with Gasteiger partial charge in [-0.05, 0) is 44.9 Å². The van der Waals surface area contributed by atoms with Gasteiger partial charge in [0.15, 0.2) is 0 Å². The van der Waals surface area contributed by atoms with Crippen molar-refractivity contribution in [2.24, 2.45) is 0 Å². The van der Waals surface area contributed by atoms with Crippen molar-refractivity contribution >= 4 is 27.5 Å². The first-order valence-electron chi connectivity index (χ1n) is 10.3. The molecule has 0 heterocycles. The molecule has 1 atom stereocenters. The van der Waals surface area contributed by atoms with Crippen molar-refractivity contribution in [3.05, 3.63) is 65.0 Å². The fourth-order valence-corrected chi connectivity index (χ4v) is 4.45. The van der Waals surface area contributed by atoms with Crippen LogP contribution in [-0.2, 0) is 26.2 Å². The second kappa shape index (κ2) is 10.6. The largest absolute Gasteiger partial charge is 0.355 e. The van der Waals surface area contributed by atoms with Crippen LogP contribution in [0, 0.1) is 19.7 Å². The predicted molar refractivity (Wildman–Crippen MR) is 123 cm³/mol. The molecule has 1 N–H and O–H groups in total. The van der Waals surface area contributed by atoms with Crippen molar-refractivity contribution in [2.45, 2.75) is 40.3 Å². The number of halogens is 1. The molecule has 2 rings (SSSR count). The van der Waals surface area contributed by atoms with E-state index in [-0.39, 0.29) is 12.1 Å². The number of amides is 2. The Morgan fingerprint density at radius 3 is 2.19 bits per heavy atom. The Bertz CT molecular complexity index is 1070. The van der Waals surface area contributed by atoms with Crippen LogP contribution in [0.4, 0.5) is 10.1 Å². The molecule has 0 saturated carbocycles. The first-order chi connectivity index (χ1) is 15.0. The minimum Gasteiger partial charge on any atom is -0.355 e. The molecule has 0 radical (unpaired) electrons. The average Bonchev–Trinajstić information content (AvgIpc) is 2.71. The highest BCUT2D eigenvalue weighted by Crippen LogP contribution is 2.27. The van der Waals surface area contributed by atoms with Crippen LogP contribution < -0.4 is 9.62 Å². The van der Waals surface area contributed by atoms with Crippen LogP contribution in [0.5, 0.6) is 0 Å². The third-order valence-electron chi connectivity index (χ3n) is 5.18. The van der Waals surface area contributed by atoms with Crippen molar-refractivity contribution in [3.63, 3.8) is 0 Å². The number of nitrogens with zero attached hydrogens (tertiary/aromatic N) is 2. The summed E-state index contributed by atoms with van der Waals surface area (Å²) in [5.41, 5.74) is 2.04. The lowest BCUT2D eigenvalue weighted by molar-refractivity contribution is -0.139. The van der Waals surface area contributed by atoms with Crippen molar-refractivity contribution < 1.29 is 22.4 Å². The van der Waals surface area contributed by atoms with Crippen molar-refractivity contribution in [2.75, 3.05) is 23.7 Å². The molecule has 2 aromatic rings. The second-order valence-electron chi connectivity index (χ2n) is 7.69. The third kappa shape index (κ3) is 6.06. The summed E-state index contributed by atoms with van der Waals surface area (Å²) >= 11 is 0. The van der Waals surface area contributed by atoms with E-state index in [1.165, 1.54) is 30.0 Å². The van der Waals surface area contributed by atoms with Gasteiger partial charge in [0.25, 0.3) is 0 Å². The highest BCUT2D eigenvalue weighted by molar-refractivity contribution is 7.92. The van der Waals surface area contributed by atoms with E-state index in [0.717, 1.165) is 10.6 Å². The van der Waals surface area contributed by atoms with Crippen molar-refractivity contribution in [3.8, 4) is 0 Å². The minimum atomic E-state index is -3.82. The van der Waals surface area contributed by atoms with Gasteiger partial charge in [-0.1, -0.05) is 36.4 Å². The second-order valence-corrected chi connectivity index (χ2v) is 9.60. The molecule has 9 heteroatoms. The van der Waals surface area contributed by atoms with Gasteiger partial charge in [-0.25, -0.2) is 12.8 Å². The Kier molecular flexibility index (Phi) is 8.38. The lowest BCUT2D eigenvalue weighted by atomic mass is 10.1. The van der Waals surface area contributed by atoms with Gasteiger partial charge in [-0.15, -0.1) is 0 Å². The van der Waals surface area contributed by atoms with Crippen molar-refractivity contribution in [1.82, 2.24) is 10.2 Å². The van der Waals surface area contributed by atoms with E-state index in [1.54, 1.807) is 45.0 Å². The number of rotatable bonds is 9. The van der Waals surface area contributed by atoms with Gasteiger partial charge >= 0.3 is 0 Å². The van der Waals surface area contributed by atoms with Crippen LogP contribution in [0.1, 0.15) is 30.5 Å². The summed E-state index contributed by atoms with van der Waals surface area (Å²) in [6.07, 6.45) is 1.03. The standard InChI is InChI=1S/C23H30FN3O4S/c1-6-25-23(29)18(4)26(14-19-12-7-8-13-20(19)24)21(28)15-27(32(5,30)31)22-16(2)10-9-11-17(22)3/h7-13,18H,6,14-15H2,1-5H3,(H,25,29)/t18-/m0/s1. The lowest BCUT2D eigenvalue weighted by Gasteiger charge is -2.32. The number of hydrogen-bond acceptors (Lipinski definition) is 4. The topological polar surface area (TPSA) is 86.8 Å². The molecule has 0 aliphatic carbocycles. The van der Waals surface area contributed by atoms with E-state index in [1.807, 2.05) is 0 Å². The van der Waals surface area contributed by atoms with E-state index >= 15 is 0 Å². The van der Waals surface area contributed by atoms with E-state index in [2.05, 4.69) is 5.32 Å². The Balaban J connectivity index is 2.46. The molecule has 0 spiro atoms. The summed E-state index contributed by atoms with van der Waals surface area (Å²) in [7, 11) is -3.82. The smallest absolute Gasteiger partial charge is 0.244 e. The molecule has 0 aromatic heterocycles. The van der Waals surface area contributed by atoms with Crippen LogP contribution in [-0.4, -0.2) is 50.5 Å². The van der Waals surface area contributed by atoms with Crippen LogP contribution >= 0.6 is 0 Å². The molecule has 0 unspecified atom stereocenters. The zero-order valence-corrected chi connectivity index (χ0v) is 19.9. The van der Waals surface area contributed by atoms with Gasteiger partial charge in [-0.3, -0.25) is 13.9 Å². The molecule has 0 bridgehead atoms. The molecule has 2 amide bonds. The molecule has 0 aliphatic heterocycles. The molecule has 0 saturated heterocycles. The van der Waals surface area contributed by atoms with Gasteiger partial charge in [0.1, 0.15) is 18.4 Å². The number of sulfonamides is 1. The molecule has 7 nitrogen and oxygen atoms in total.